The molecule has 4 heteroatoms. The molecule has 0 bridgehead atoms. The normalized spacial score (nSPS) is 10.2. The smallest absolute Gasteiger partial charge is 0.335 e. The van der Waals surface area contributed by atoms with Crippen LogP contribution >= 0.6 is 0 Å². The van der Waals surface area contributed by atoms with Crippen molar-refractivity contribution in [2.75, 3.05) is 0 Å². The molecule has 102 valence electrons. The van der Waals surface area contributed by atoms with E-state index in [9.17, 15) is 9.59 Å². The second-order valence-electron chi connectivity index (χ2n) is 4.32. The van der Waals surface area contributed by atoms with E-state index in [4.69, 9.17) is 10.4 Å². The van der Waals surface area contributed by atoms with Gasteiger partial charge in [0.1, 0.15) is 0 Å². The third-order valence-electron chi connectivity index (χ3n) is 2.86. The van der Waals surface area contributed by atoms with Crippen LogP contribution < -0.4 is 0 Å². The fraction of sp³-hybridized carbons (Fsp3) is 0. The van der Waals surface area contributed by atoms with Gasteiger partial charge in [0.15, 0.2) is 5.78 Å². The van der Waals surface area contributed by atoms with E-state index in [2.05, 4.69) is 0 Å². The summed E-state index contributed by atoms with van der Waals surface area (Å²) in [6.45, 7) is 0. The number of ketones is 1. The number of carboxylic acids is 1. The van der Waals surface area contributed by atoms with Crippen molar-refractivity contribution < 1.29 is 14.7 Å². The first-order valence-electron chi connectivity index (χ1n) is 6.16. The van der Waals surface area contributed by atoms with Gasteiger partial charge in [0.25, 0.3) is 0 Å². The highest BCUT2D eigenvalue weighted by Crippen LogP contribution is 2.09. The summed E-state index contributed by atoms with van der Waals surface area (Å²) >= 11 is 0. The molecule has 0 unspecified atom stereocenters. The zero-order chi connectivity index (χ0) is 15.2. The van der Waals surface area contributed by atoms with E-state index in [1.54, 1.807) is 36.4 Å². The second kappa shape index (κ2) is 6.31. The zero-order valence-electron chi connectivity index (χ0n) is 11.0. The van der Waals surface area contributed by atoms with E-state index in [1.807, 2.05) is 6.07 Å². The van der Waals surface area contributed by atoms with Crippen molar-refractivity contribution in [3.8, 4) is 6.07 Å². The van der Waals surface area contributed by atoms with E-state index in [0.29, 0.717) is 11.1 Å². The fourth-order valence-electron chi connectivity index (χ4n) is 1.75. The van der Waals surface area contributed by atoms with E-state index >= 15 is 0 Å². The Balaban J connectivity index is 2.15. The molecule has 1 N–H and O–H groups in total. The summed E-state index contributed by atoms with van der Waals surface area (Å²) < 4.78 is 0. The number of aromatic carboxylic acids is 1. The van der Waals surface area contributed by atoms with Gasteiger partial charge in [-0.15, -0.1) is 0 Å². The Hall–Kier alpha value is -3.19. The minimum atomic E-state index is -0.991. The minimum absolute atomic E-state index is 0.195. The summed E-state index contributed by atoms with van der Waals surface area (Å²) in [5, 5.41) is 17.6. The van der Waals surface area contributed by atoms with Crippen LogP contribution in [-0.4, -0.2) is 16.9 Å². The topological polar surface area (TPSA) is 78.2 Å². The molecule has 0 radical (unpaired) electrons. The van der Waals surface area contributed by atoms with Crippen LogP contribution in [0.5, 0.6) is 0 Å². The lowest BCUT2D eigenvalue weighted by atomic mass is 10.1. The first-order chi connectivity index (χ1) is 10.1. The molecule has 0 fully saturated rings. The molecule has 2 aromatic rings. The number of carbonyl (C=O) groups is 2. The molecule has 0 saturated carbocycles. The van der Waals surface area contributed by atoms with Gasteiger partial charge < -0.3 is 5.11 Å². The van der Waals surface area contributed by atoms with Crippen molar-refractivity contribution >= 4 is 17.8 Å². The molecule has 0 saturated heterocycles. The number of allylic oxidation sites excluding steroid dienone is 1. The average Bonchev–Trinajstić information content (AvgIpc) is 2.53. The van der Waals surface area contributed by atoms with Gasteiger partial charge in [0.2, 0.25) is 0 Å². The molecule has 4 nitrogen and oxygen atoms in total. The Labute approximate surface area is 121 Å². The molecular formula is C17H11NO3. The summed E-state index contributed by atoms with van der Waals surface area (Å²) in [7, 11) is 0. The number of nitriles is 1. The maximum atomic E-state index is 12.0. The van der Waals surface area contributed by atoms with Crippen LogP contribution in [0.1, 0.15) is 31.8 Å². The summed E-state index contributed by atoms with van der Waals surface area (Å²) in [6, 6.07) is 14.6. The molecule has 0 heterocycles. The molecule has 0 aliphatic carbocycles. The summed E-state index contributed by atoms with van der Waals surface area (Å²) in [5.74, 6) is -1.20. The lowest BCUT2D eigenvalue weighted by molar-refractivity contribution is 0.0696. The Morgan fingerprint density at radius 3 is 2.38 bits per heavy atom. The standard InChI is InChI=1S/C17H11NO3/c18-11-13-2-1-3-15(10-13)16(19)9-6-12-4-7-14(8-5-12)17(20)21/h1-10H,(H,20,21)/b9-6+. The number of carbonyl (C=O) groups excluding carboxylic acids is 1. The van der Waals surface area contributed by atoms with Crippen molar-refractivity contribution in [3.05, 3.63) is 76.9 Å². The van der Waals surface area contributed by atoms with Gasteiger partial charge in [-0.3, -0.25) is 4.79 Å². The molecule has 0 atom stereocenters. The van der Waals surface area contributed by atoms with E-state index < -0.39 is 5.97 Å². The quantitative estimate of drug-likeness (QED) is 0.687. The first-order valence-corrected chi connectivity index (χ1v) is 6.16. The van der Waals surface area contributed by atoms with Crippen LogP contribution in [0.15, 0.2) is 54.6 Å². The highest BCUT2D eigenvalue weighted by atomic mass is 16.4. The van der Waals surface area contributed by atoms with Crippen molar-refractivity contribution in [1.82, 2.24) is 0 Å². The largest absolute Gasteiger partial charge is 0.478 e. The highest BCUT2D eigenvalue weighted by molar-refractivity contribution is 6.07. The van der Waals surface area contributed by atoms with Gasteiger partial charge in [0.05, 0.1) is 17.2 Å². The predicted molar refractivity (Wildman–Crippen MR) is 77.9 cm³/mol. The second-order valence-corrected chi connectivity index (χ2v) is 4.32. The number of nitrogens with zero attached hydrogens (tertiary/aromatic N) is 1. The first kappa shape index (κ1) is 14.2. The Bertz CT molecular complexity index is 752. The monoisotopic (exact) mass is 277 g/mol. The lowest BCUT2D eigenvalue weighted by Gasteiger charge is -1.97. The van der Waals surface area contributed by atoms with Crippen molar-refractivity contribution in [1.29, 1.82) is 5.26 Å². The number of hydrogen-bond donors (Lipinski definition) is 1. The number of rotatable bonds is 4. The predicted octanol–water partition coefficient (Wildman–Crippen LogP) is 3.15. The van der Waals surface area contributed by atoms with Gasteiger partial charge >= 0.3 is 5.97 Å². The fourth-order valence-corrected chi connectivity index (χ4v) is 1.75. The maximum absolute atomic E-state index is 12.0. The van der Waals surface area contributed by atoms with Crippen LogP contribution in [0.25, 0.3) is 6.08 Å². The van der Waals surface area contributed by atoms with Gasteiger partial charge in [-0.25, -0.2) is 4.79 Å². The van der Waals surface area contributed by atoms with E-state index in [-0.39, 0.29) is 11.3 Å². The highest BCUT2D eigenvalue weighted by Gasteiger charge is 2.03. The third kappa shape index (κ3) is 3.64. The van der Waals surface area contributed by atoms with Crippen LogP contribution in [0.3, 0.4) is 0 Å². The number of carboxylic acid groups (broad SMARTS) is 1. The van der Waals surface area contributed by atoms with E-state index in [1.165, 1.54) is 24.3 Å². The van der Waals surface area contributed by atoms with Crippen LogP contribution in [-0.2, 0) is 0 Å². The number of benzene rings is 2. The molecule has 21 heavy (non-hydrogen) atoms. The lowest BCUT2D eigenvalue weighted by Crippen LogP contribution is -1.96. The number of hydrogen-bond acceptors (Lipinski definition) is 3. The Morgan fingerprint density at radius 2 is 1.76 bits per heavy atom. The summed E-state index contributed by atoms with van der Waals surface area (Å²) in [4.78, 5) is 22.7. The molecule has 0 aromatic heterocycles. The minimum Gasteiger partial charge on any atom is -0.478 e. The van der Waals surface area contributed by atoms with Crippen LogP contribution in [0.4, 0.5) is 0 Å². The molecule has 2 aromatic carbocycles. The summed E-state index contributed by atoms with van der Waals surface area (Å²) in [6.07, 6.45) is 3.00. The molecule has 0 spiro atoms. The maximum Gasteiger partial charge on any atom is 0.335 e. The molecular weight excluding hydrogens is 266 g/mol. The summed E-state index contributed by atoms with van der Waals surface area (Å²) in [5.41, 5.74) is 1.79. The van der Waals surface area contributed by atoms with E-state index in [0.717, 1.165) is 5.56 Å². The SMILES string of the molecule is N#Cc1cccc(C(=O)/C=C/c2ccc(C(=O)O)cc2)c1. The average molecular weight is 277 g/mol. The Morgan fingerprint density at radius 1 is 1.05 bits per heavy atom. The van der Waals surface area contributed by atoms with Gasteiger partial charge in [-0.05, 0) is 35.9 Å². The molecule has 0 aliphatic rings. The van der Waals surface area contributed by atoms with Gasteiger partial charge in [0, 0.05) is 5.56 Å². The molecule has 2 rings (SSSR count). The zero-order valence-corrected chi connectivity index (χ0v) is 11.0. The van der Waals surface area contributed by atoms with Crippen LogP contribution in [0.2, 0.25) is 0 Å². The van der Waals surface area contributed by atoms with Crippen LogP contribution in [0, 0.1) is 11.3 Å². The van der Waals surface area contributed by atoms with Crippen molar-refractivity contribution in [3.63, 3.8) is 0 Å². The van der Waals surface area contributed by atoms with Gasteiger partial charge in [-0.2, -0.15) is 5.26 Å². The molecule has 0 aliphatic heterocycles. The molecule has 0 amide bonds. The Kier molecular flexibility index (Phi) is 4.27. The van der Waals surface area contributed by atoms with Crippen molar-refractivity contribution in [2.45, 2.75) is 0 Å². The van der Waals surface area contributed by atoms with Gasteiger partial charge in [-0.1, -0.05) is 30.3 Å². The van der Waals surface area contributed by atoms with Crippen molar-refractivity contribution in [2.24, 2.45) is 0 Å². The third-order valence-corrected chi connectivity index (χ3v) is 2.86.